The van der Waals surface area contributed by atoms with E-state index in [9.17, 15) is 18.0 Å². The number of alkyl halides is 3. The Morgan fingerprint density at radius 2 is 2.07 bits per heavy atom. The minimum Gasteiger partial charge on any atom is -0.461 e. The number of carbonyl (C=O) groups is 1. The van der Waals surface area contributed by atoms with Gasteiger partial charge in [0.25, 0.3) is 5.91 Å². The monoisotopic (exact) mass is 403 g/mol. The molecule has 4 aromatic heterocycles. The first-order chi connectivity index (χ1) is 13.9. The lowest BCUT2D eigenvalue weighted by molar-refractivity contribution is -0.138. The molecule has 0 radical (unpaired) electrons. The van der Waals surface area contributed by atoms with Gasteiger partial charge in [-0.05, 0) is 18.2 Å². The smallest absolute Gasteiger partial charge is 0.416 e. The van der Waals surface area contributed by atoms with Gasteiger partial charge in [0.1, 0.15) is 0 Å². The van der Waals surface area contributed by atoms with Gasteiger partial charge in [-0.15, -0.1) is 0 Å². The minimum absolute atomic E-state index is 0.00997. The zero-order valence-electron chi connectivity index (χ0n) is 14.6. The normalized spacial score (nSPS) is 11.6. The Hall–Kier alpha value is -3.89. The van der Waals surface area contributed by atoms with E-state index >= 15 is 0 Å². The average Bonchev–Trinajstić information content (AvgIpc) is 3.43. The lowest BCUT2D eigenvalue weighted by Gasteiger charge is -2.11. The van der Waals surface area contributed by atoms with Crippen LogP contribution in [-0.2, 0) is 12.7 Å². The number of anilines is 1. The number of nitrogens with one attached hydrogen (secondary N) is 1. The average molecular weight is 403 g/mol. The number of carbonyl (C=O) groups excluding carboxylic acids is 1. The quantitative estimate of drug-likeness (QED) is 0.544. The predicted octanol–water partition coefficient (Wildman–Crippen LogP) is 3.85. The van der Waals surface area contributed by atoms with Crippen molar-refractivity contribution >= 4 is 11.6 Å². The summed E-state index contributed by atoms with van der Waals surface area (Å²) >= 11 is 0. The fraction of sp³-hybridized carbons (Fsp3) is 0.111. The molecule has 0 unspecified atom stereocenters. The Morgan fingerprint density at radius 3 is 2.83 bits per heavy atom. The van der Waals surface area contributed by atoms with E-state index in [1.165, 1.54) is 29.4 Å². The van der Waals surface area contributed by atoms with Crippen LogP contribution in [0, 0.1) is 0 Å². The Balaban J connectivity index is 1.46. The molecule has 0 saturated carbocycles. The fourth-order valence-corrected chi connectivity index (χ4v) is 2.63. The van der Waals surface area contributed by atoms with Crippen LogP contribution in [0.15, 0.2) is 64.3 Å². The maximum Gasteiger partial charge on any atom is 0.416 e. The molecule has 1 amide bonds. The molecule has 11 heteroatoms. The molecule has 0 bridgehead atoms. The summed E-state index contributed by atoms with van der Waals surface area (Å²) in [6.07, 6.45) is 1.89. The lowest BCUT2D eigenvalue weighted by Crippen LogP contribution is -2.13. The topological polar surface area (TPSA) is 99.0 Å². The lowest BCUT2D eigenvalue weighted by atomic mass is 10.1. The van der Waals surface area contributed by atoms with Gasteiger partial charge in [-0.3, -0.25) is 14.5 Å². The van der Waals surface area contributed by atoms with Crippen LogP contribution in [0.5, 0.6) is 0 Å². The van der Waals surface area contributed by atoms with Crippen molar-refractivity contribution in [3.05, 3.63) is 72.1 Å². The number of halogens is 3. The van der Waals surface area contributed by atoms with Crippen LogP contribution in [0.1, 0.15) is 21.6 Å². The molecule has 0 aliphatic carbocycles. The summed E-state index contributed by atoms with van der Waals surface area (Å²) in [5, 5.41) is 10.2. The van der Waals surface area contributed by atoms with Gasteiger partial charge in [-0.25, -0.2) is 0 Å². The van der Waals surface area contributed by atoms with Crippen molar-refractivity contribution in [1.29, 1.82) is 0 Å². The highest BCUT2D eigenvalue weighted by Crippen LogP contribution is 2.31. The van der Waals surface area contributed by atoms with Crippen LogP contribution in [0.25, 0.3) is 11.5 Å². The van der Waals surface area contributed by atoms with E-state index < -0.39 is 17.6 Å². The van der Waals surface area contributed by atoms with Crippen molar-refractivity contribution in [2.45, 2.75) is 12.7 Å². The highest BCUT2D eigenvalue weighted by molar-refractivity contribution is 6.03. The molecule has 0 spiro atoms. The molecule has 4 heterocycles. The van der Waals surface area contributed by atoms with Gasteiger partial charge in [0, 0.05) is 30.2 Å². The maximum absolute atomic E-state index is 13.1. The molecule has 1 N–H and O–H groups in total. The van der Waals surface area contributed by atoms with Crippen molar-refractivity contribution < 1.29 is 26.9 Å². The van der Waals surface area contributed by atoms with E-state index in [4.69, 9.17) is 8.94 Å². The first-order valence-corrected chi connectivity index (χ1v) is 8.24. The molecular weight excluding hydrogens is 391 g/mol. The summed E-state index contributed by atoms with van der Waals surface area (Å²) in [6.45, 7) is -0.162. The molecule has 0 aliphatic rings. The number of pyridine rings is 1. The van der Waals surface area contributed by atoms with E-state index in [0.29, 0.717) is 5.76 Å². The second-order valence-electron chi connectivity index (χ2n) is 5.96. The first-order valence-electron chi connectivity index (χ1n) is 8.24. The van der Waals surface area contributed by atoms with E-state index in [1.807, 2.05) is 0 Å². The SMILES string of the molecule is O=C(Nc1cnn(Cc2cnccc2C(F)(F)F)c1)c1cc(-c2ccco2)on1. The van der Waals surface area contributed by atoms with E-state index in [2.05, 4.69) is 20.6 Å². The molecule has 0 aromatic carbocycles. The van der Waals surface area contributed by atoms with Crippen LogP contribution in [0.4, 0.5) is 18.9 Å². The molecule has 148 valence electrons. The van der Waals surface area contributed by atoms with E-state index in [-0.39, 0.29) is 29.2 Å². The zero-order valence-corrected chi connectivity index (χ0v) is 14.6. The van der Waals surface area contributed by atoms with Gasteiger partial charge in [0.2, 0.25) is 5.76 Å². The number of furan rings is 1. The molecule has 29 heavy (non-hydrogen) atoms. The van der Waals surface area contributed by atoms with Gasteiger partial charge in [0.05, 0.1) is 30.3 Å². The molecule has 4 rings (SSSR count). The molecule has 0 saturated heterocycles. The molecule has 4 aromatic rings. The highest BCUT2D eigenvalue weighted by atomic mass is 19.4. The number of amides is 1. The van der Waals surface area contributed by atoms with Crippen LogP contribution in [-0.4, -0.2) is 25.8 Å². The fourth-order valence-electron chi connectivity index (χ4n) is 2.63. The Labute approximate surface area is 160 Å². The third-order valence-corrected chi connectivity index (χ3v) is 3.94. The van der Waals surface area contributed by atoms with Crippen molar-refractivity contribution in [2.24, 2.45) is 0 Å². The third-order valence-electron chi connectivity index (χ3n) is 3.94. The third kappa shape index (κ3) is 4.03. The van der Waals surface area contributed by atoms with Gasteiger partial charge in [0.15, 0.2) is 11.5 Å². The van der Waals surface area contributed by atoms with Gasteiger partial charge >= 0.3 is 6.18 Å². The Morgan fingerprint density at radius 1 is 1.21 bits per heavy atom. The maximum atomic E-state index is 13.1. The van der Waals surface area contributed by atoms with Crippen molar-refractivity contribution in [3.63, 3.8) is 0 Å². The zero-order chi connectivity index (χ0) is 20.4. The van der Waals surface area contributed by atoms with Gasteiger partial charge in [-0.1, -0.05) is 5.16 Å². The predicted molar refractivity (Wildman–Crippen MR) is 92.7 cm³/mol. The molecule has 0 aliphatic heterocycles. The van der Waals surface area contributed by atoms with Crippen LogP contribution in [0.2, 0.25) is 0 Å². The Bertz CT molecular complexity index is 1130. The first kappa shape index (κ1) is 18.5. The number of aromatic nitrogens is 4. The number of hydrogen-bond donors (Lipinski definition) is 1. The molecule has 0 atom stereocenters. The highest BCUT2D eigenvalue weighted by Gasteiger charge is 2.33. The van der Waals surface area contributed by atoms with E-state index in [0.717, 1.165) is 18.5 Å². The number of hydrogen-bond acceptors (Lipinski definition) is 6. The van der Waals surface area contributed by atoms with Crippen LogP contribution < -0.4 is 5.32 Å². The summed E-state index contributed by atoms with van der Waals surface area (Å²) in [4.78, 5) is 16.0. The van der Waals surface area contributed by atoms with Crippen molar-refractivity contribution in [1.82, 2.24) is 19.9 Å². The second kappa shape index (κ2) is 7.26. The second-order valence-corrected chi connectivity index (χ2v) is 5.96. The minimum atomic E-state index is -4.50. The standard InChI is InChI=1S/C18H12F3N5O3/c19-18(20,21)13-3-4-22-7-11(13)9-26-10-12(8-23-26)24-17(27)14-6-16(29-25-14)15-2-1-5-28-15/h1-8,10H,9H2,(H,24,27). The molecule has 0 fully saturated rings. The van der Waals surface area contributed by atoms with E-state index in [1.54, 1.807) is 12.1 Å². The largest absolute Gasteiger partial charge is 0.461 e. The summed E-state index contributed by atoms with van der Waals surface area (Å²) in [6, 6.07) is 5.63. The summed E-state index contributed by atoms with van der Waals surface area (Å²) in [5.74, 6) is 0.136. The summed E-state index contributed by atoms with van der Waals surface area (Å²) in [7, 11) is 0. The van der Waals surface area contributed by atoms with Gasteiger partial charge < -0.3 is 14.3 Å². The number of nitrogens with zero attached hydrogens (tertiary/aromatic N) is 4. The molecular formula is C18H12F3N5O3. The van der Waals surface area contributed by atoms with Crippen molar-refractivity contribution in [3.8, 4) is 11.5 Å². The van der Waals surface area contributed by atoms with Crippen molar-refractivity contribution in [2.75, 3.05) is 5.32 Å². The molecule has 8 nitrogen and oxygen atoms in total. The van der Waals surface area contributed by atoms with Crippen LogP contribution in [0.3, 0.4) is 0 Å². The Kier molecular flexibility index (Phi) is 4.63. The summed E-state index contributed by atoms with van der Waals surface area (Å²) in [5.41, 5.74) is -0.534. The van der Waals surface area contributed by atoms with Gasteiger partial charge in [-0.2, -0.15) is 18.3 Å². The number of rotatable bonds is 5. The van der Waals surface area contributed by atoms with Crippen LogP contribution >= 0.6 is 0 Å². The summed E-state index contributed by atoms with van der Waals surface area (Å²) < 4.78 is 50.7.